The lowest BCUT2D eigenvalue weighted by Gasteiger charge is -2.25. The summed E-state index contributed by atoms with van der Waals surface area (Å²) in [6.45, 7) is 4.55. The first kappa shape index (κ1) is 14.0. The van der Waals surface area contributed by atoms with Crippen molar-refractivity contribution < 1.29 is 9.94 Å². The summed E-state index contributed by atoms with van der Waals surface area (Å²) in [6.07, 6.45) is 1.16. The molecule has 1 aliphatic rings. The van der Waals surface area contributed by atoms with Crippen molar-refractivity contribution in [3.63, 3.8) is 0 Å². The summed E-state index contributed by atoms with van der Waals surface area (Å²) in [4.78, 5) is 2.20. The molecule has 5 nitrogen and oxygen atoms in total. The second kappa shape index (κ2) is 6.12. The highest BCUT2D eigenvalue weighted by atomic mass is 35.5. The van der Waals surface area contributed by atoms with E-state index in [0.29, 0.717) is 10.6 Å². The minimum Gasteiger partial charge on any atom is -0.409 e. The SMILES string of the molecule is CC1CN(c2ccc(C(N)=NO)cc2Cl)CCCO1. The molecule has 1 fully saturated rings. The number of rotatable bonds is 2. The topological polar surface area (TPSA) is 71.1 Å². The van der Waals surface area contributed by atoms with Gasteiger partial charge in [0.25, 0.3) is 0 Å². The van der Waals surface area contributed by atoms with Crippen LogP contribution in [0.5, 0.6) is 0 Å². The van der Waals surface area contributed by atoms with Crippen LogP contribution in [0.4, 0.5) is 5.69 Å². The summed E-state index contributed by atoms with van der Waals surface area (Å²) in [7, 11) is 0. The van der Waals surface area contributed by atoms with Crippen LogP contribution in [0.15, 0.2) is 23.4 Å². The molecule has 6 heteroatoms. The Hall–Kier alpha value is -1.46. The molecule has 1 heterocycles. The Balaban J connectivity index is 2.25. The van der Waals surface area contributed by atoms with Gasteiger partial charge in [-0.3, -0.25) is 0 Å². The number of nitrogens with two attached hydrogens (primary N) is 1. The minimum absolute atomic E-state index is 0.0565. The summed E-state index contributed by atoms with van der Waals surface area (Å²) in [5.74, 6) is 0.0565. The van der Waals surface area contributed by atoms with Gasteiger partial charge in [0.2, 0.25) is 0 Å². The fourth-order valence-corrected chi connectivity index (χ4v) is 2.49. The van der Waals surface area contributed by atoms with E-state index in [1.54, 1.807) is 12.1 Å². The van der Waals surface area contributed by atoms with E-state index in [4.69, 9.17) is 27.3 Å². The molecule has 1 aliphatic heterocycles. The molecule has 1 aromatic rings. The molecule has 104 valence electrons. The summed E-state index contributed by atoms with van der Waals surface area (Å²) in [5, 5.41) is 12.2. The van der Waals surface area contributed by atoms with Gasteiger partial charge in [-0.05, 0) is 31.5 Å². The first-order chi connectivity index (χ1) is 9.11. The van der Waals surface area contributed by atoms with Gasteiger partial charge in [0.05, 0.1) is 16.8 Å². The molecule has 1 saturated heterocycles. The first-order valence-corrected chi connectivity index (χ1v) is 6.63. The van der Waals surface area contributed by atoms with Gasteiger partial charge in [0.1, 0.15) is 0 Å². The Kier molecular flexibility index (Phi) is 4.50. The molecule has 0 aliphatic carbocycles. The van der Waals surface area contributed by atoms with E-state index < -0.39 is 0 Å². The Bertz CT molecular complexity index is 479. The molecule has 0 saturated carbocycles. The van der Waals surface area contributed by atoms with Crippen molar-refractivity contribution >= 4 is 23.1 Å². The smallest absolute Gasteiger partial charge is 0.170 e. The minimum atomic E-state index is 0.0565. The summed E-state index contributed by atoms with van der Waals surface area (Å²) in [5.41, 5.74) is 7.11. The number of anilines is 1. The third-order valence-corrected chi connectivity index (χ3v) is 3.45. The summed E-state index contributed by atoms with van der Waals surface area (Å²) < 4.78 is 5.62. The van der Waals surface area contributed by atoms with Crippen LogP contribution in [0.25, 0.3) is 0 Å². The van der Waals surface area contributed by atoms with Crippen molar-refractivity contribution in [3.05, 3.63) is 28.8 Å². The zero-order valence-electron chi connectivity index (χ0n) is 10.8. The Morgan fingerprint density at radius 1 is 1.58 bits per heavy atom. The second-order valence-corrected chi connectivity index (χ2v) is 5.04. The van der Waals surface area contributed by atoms with E-state index in [9.17, 15) is 0 Å². The molecule has 1 aromatic carbocycles. The number of ether oxygens (including phenoxy) is 1. The van der Waals surface area contributed by atoms with Crippen LogP contribution >= 0.6 is 11.6 Å². The number of amidine groups is 1. The number of hydrogen-bond donors (Lipinski definition) is 2. The van der Waals surface area contributed by atoms with Gasteiger partial charge >= 0.3 is 0 Å². The van der Waals surface area contributed by atoms with Crippen LogP contribution in [0.1, 0.15) is 18.9 Å². The number of halogens is 1. The average molecular weight is 284 g/mol. The molecule has 1 unspecified atom stereocenters. The van der Waals surface area contributed by atoms with Crippen LogP contribution in [0, 0.1) is 0 Å². The summed E-state index contributed by atoms with van der Waals surface area (Å²) in [6, 6.07) is 5.41. The van der Waals surface area contributed by atoms with E-state index in [-0.39, 0.29) is 11.9 Å². The molecule has 0 spiro atoms. The number of hydrogen-bond acceptors (Lipinski definition) is 4. The van der Waals surface area contributed by atoms with Crippen molar-refractivity contribution in [2.75, 3.05) is 24.6 Å². The maximum Gasteiger partial charge on any atom is 0.170 e. The van der Waals surface area contributed by atoms with E-state index in [1.807, 2.05) is 6.07 Å². The lowest BCUT2D eigenvalue weighted by molar-refractivity contribution is 0.0821. The van der Waals surface area contributed by atoms with Crippen molar-refractivity contribution in [2.45, 2.75) is 19.4 Å². The van der Waals surface area contributed by atoms with Gasteiger partial charge in [0, 0.05) is 25.3 Å². The van der Waals surface area contributed by atoms with Gasteiger partial charge in [-0.15, -0.1) is 0 Å². The van der Waals surface area contributed by atoms with E-state index in [1.165, 1.54) is 0 Å². The van der Waals surface area contributed by atoms with Crippen LogP contribution in [-0.4, -0.2) is 36.8 Å². The molecule has 0 amide bonds. The highest BCUT2D eigenvalue weighted by molar-refractivity contribution is 6.33. The lowest BCUT2D eigenvalue weighted by Crippen LogP contribution is -2.30. The third kappa shape index (κ3) is 3.30. The predicted octanol–water partition coefficient (Wildman–Crippen LogP) is 2.05. The number of oxime groups is 1. The lowest BCUT2D eigenvalue weighted by atomic mass is 10.1. The molecular formula is C13H18ClN3O2. The quantitative estimate of drug-likeness (QED) is 0.377. The maximum atomic E-state index is 8.66. The fourth-order valence-electron chi connectivity index (χ4n) is 2.19. The van der Waals surface area contributed by atoms with Crippen LogP contribution < -0.4 is 10.6 Å². The van der Waals surface area contributed by atoms with E-state index >= 15 is 0 Å². The predicted molar refractivity (Wildman–Crippen MR) is 76.2 cm³/mol. The van der Waals surface area contributed by atoms with E-state index in [2.05, 4.69) is 17.0 Å². The largest absolute Gasteiger partial charge is 0.409 e. The Morgan fingerprint density at radius 2 is 2.37 bits per heavy atom. The highest BCUT2D eigenvalue weighted by Crippen LogP contribution is 2.28. The van der Waals surface area contributed by atoms with Crippen molar-refractivity contribution in [1.29, 1.82) is 0 Å². The standard InChI is InChI=1S/C13H18ClN3O2/c1-9-8-17(5-2-6-19-9)12-4-3-10(7-11(12)14)13(15)16-18/h3-4,7,9,18H,2,5-6,8H2,1H3,(H2,15,16). The average Bonchev–Trinajstić information content (AvgIpc) is 2.62. The molecule has 0 bridgehead atoms. The monoisotopic (exact) mass is 283 g/mol. The molecular weight excluding hydrogens is 266 g/mol. The number of nitrogens with zero attached hydrogens (tertiary/aromatic N) is 2. The summed E-state index contributed by atoms with van der Waals surface area (Å²) >= 11 is 6.29. The Morgan fingerprint density at radius 3 is 3.05 bits per heavy atom. The molecule has 19 heavy (non-hydrogen) atoms. The van der Waals surface area contributed by atoms with Crippen molar-refractivity contribution in [1.82, 2.24) is 0 Å². The van der Waals surface area contributed by atoms with Gasteiger partial charge in [-0.25, -0.2) is 0 Å². The van der Waals surface area contributed by atoms with Crippen LogP contribution in [0.2, 0.25) is 5.02 Å². The van der Waals surface area contributed by atoms with Gasteiger partial charge in [0.15, 0.2) is 5.84 Å². The van der Waals surface area contributed by atoms with Gasteiger partial charge < -0.3 is 20.6 Å². The molecule has 0 radical (unpaired) electrons. The normalized spacial score (nSPS) is 21.3. The maximum absolute atomic E-state index is 8.66. The van der Waals surface area contributed by atoms with Gasteiger partial charge in [-0.2, -0.15) is 0 Å². The van der Waals surface area contributed by atoms with E-state index in [0.717, 1.165) is 31.8 Å². The zero-order valence-corrected chi connectivity index (χ0v) is 11.6. The zero-order chi connectivity index (χ0) is 13.8. The third-order valence-electron chi connectivity index (χ3n) is 3.14. The molecule has 0 aromatic heterocycles. The second-order valence-electron chi connectivity index (χ2n) is 4.63. The highest BCUT2D eigenvalue weighted by Gasteiger charge is 2.18. The van der Waals surface area contributed by atoms with Gasteiger partial charge in [-0.1, -0.05) is 16.8 Å². The van der Waals surface area contributed by atoms with Crippen LogP contribution in [-0.2, 0) is 4.74 Å². The molecule has 3 N–H and O–H groups in total. The first-order valence-electron chi connectivity index (χ1n) is 6.26. The molecule has 2 rings (SSSR count). The van der Waals surface area contributed by atoms with Crippen molar-refractivity contribution in [2.24, 2.45) is 10.9 Å². The fraction of sp³-hybridized carbons (Fsp3) is 0.462. The van der Waals surface area contributed by atoms with Crippen LogP contribution in [0.3, 0.4) is 0 Å². The Labute approximate surface area is 117 Å². The molecule has 1 atom stereocenters. The number of benzene rings is 1. The van der Waals surface area contributed by atoms with Crippen molar-refractivity contribution in [3.8, 4) is 0 Å².